The van der Waals surface area contributed by atoms with Crippen LogP contribution in [0.25, 0.3) is 0 Å². The SMILES string of the molecule is O=C1C=CC(=O)N1.S. The van der Waals surface area contributed by atoms with Crippen LogP contribution in [0.15, 0.2) is 12.2 Å². The van der Waals surface area contributed by atoms with E-state index in [0.29, 0.717) is 0 Å². The second kappa shape index (κ2) is 2.52. The largest absolute Gasteiger partial charge is 0.289 e. The van der Waals surface area contributed by atoms with Crippen molar-refractivity contribution in [2.75, 3.05) is 0 Å². The van der Waals surface area contributed by atoms with Gasteiger partial charge in [-0.1, -0.05) is 0 Å². The van der Waals surface area contributed by atoms with Crippen molar-refractivity contribution in [3.8, 4) is 0 Å². The fourth-order valence-electron chi connectivity index (χ4n) is 0.356. The highest BCUT2D eigenvalue weighted by molar-refractivity contribution is 7.59. The van der Waals surface area contributed by atoms with Gasteiger partial charge in [0.05, 0.1) is 0 Å². The molecule has 0 bridgehead atoms. The minimum atomic E-state index is -0.329. The second-order valence-corrected chi connectivity index (χ2v) is 1.19. The molecule has 8 heavy (non-hydrogen) atoms. The van der Waals surface area contributed by atoms with Crippen LogP contribution in [-0.2, 0) is 9.59 Å². The Balaban J connectivity index is 0.000000490. The molecule has 0 radical (unpaired) electrons. The molecule has 1 heterocycles. The molecule has 1 N–H and O–H groups in total. The molecule has 2 amide bonds. The molecule has 0 spiro atoms. The summed E-state index contributed by atoms with van der Waals surface area (Å²) in [4.78, 5) is 20.1. The Hall–Kier alpha value is -0.770. The smallest absolute Gasteiger partial charge is 0.250 e. The van der Waals surface area contributed by atoms with E-state index in [4.69, 9.17) is 0 Å². The maximum atomic E-state index is 10.0. The highest BCUT2D eigenvalue weighted by atomic mass is 32.1. The summed E-state index contributed by atoms with van der Waals surface area (Å²) in [6.07, 6.45) is 2.39. The zero-order chi connectivity index (χ0) is 5.28. The van der Waals surface area contributed by atoms with Gasteiger partial charge in [0.15, 0.2) is 0 Å². The topological polar surface area (TPSA) is 46.2 Å². The predicted octanol–water partition coefficient (Wildman–Crippen LogP) is -0.688. The summed E-state index contributed by atoms with van der Waals surface area (Å²) in [5, 5.41) is 2.03. The van der Waals surface area contributed by atoms with Gasteiger partial charge < -0.3 is 0 Å². The van der Waals surface area contributed by atoms with Gasteiger partial charge in [0.25, 0.3) is 11.8 Å². The minimum absolute atomic E-state index is 0. The van der Waals surface area contributed by atoms with Gasteiger partial charge >= 0.3 is 0 Å². The van der Waals surface area contributed by atoms with Crippen molar-refractivity contribution in [2.24, 2.45) is 0 Å². The summed E-state index contributed by atoms with van der Waals surface area (Å²) in [5.74, 6) is -0.657. The van der Waals surface area contributed by atoms with Crippen molar-refractivity contribution in [3.05, 3.63) is 12.2 Å². The first-order chi connectivity index (χ1) is 3.29. The van der Waals surface area contributed by atoms with Crippen LogP contribution < -0.4 is 5.32 Å². The van der Waals surface area contributed by atoms with Gasteiger partial charge in [0.1, 0.15) is 0 Å². The summed E-state index contributed by atoms with van der Waals surface area (Å²) >= 11 is 0. The highest BCUT2D eigenvalue weighted by Gasteiger charge is 2.06. The van der Waals surface area contributed by atoms with Crippen molar-refractivity contribution < 1.29 is 9.59 Å². The van der Waals surface area contributed by atoms with Crippen LogP contribution in [0.2, 0.25) is 0 Å². The molecule has 0 aromatic heterocycles. The summed E-state index contributed by atoms with van der Waals surface area (Å²) in [5.41, 5.74) is 0. The molecule has 1 rings (SSSR count). The molecular formula is C4H5NO2S. The fourth-order valence-corrected chi connectivity index (χ4v) is 0.356. The number of carbonyl (C=O) groups is 2. The third-order valence-corrected chi connectivity index (χ3v) is 0.632. The van der Waals surface area contributed by atoms with E-state index >= 15 is 0 Å². The number of hydrogen-bond acceptors (Lipinski definition) is 2. The van der Waals surface area contributed by atoms with E-state index in [9.17, 15) is 9.59 Å². The Labute approximate surface area is 53.2 Å². The van der Waals surface area contributed by atoms with Gasteiger partial charge in [-0.05, 0) is 0 Å². The van der Waals surface area contributed by atoms with Crippen molar-refractivity contribution in [2.45, 2.75) is 0 Å². The van der Waals surface area contributed by atoms with E-state index in [1.165, 1.54) is 12.2 Å². The molecule has 3 nitrogen and oxygen atoms in total. The predicted molar refractivity (Wildman–Crippen MR) is 32.7 cm³/mol. The van der Waals surface area contributed by atoms with Crippen molar-refractivity contribution in [1.29, 1.82) is 0 Å². The zero-order valence-electron chi connectivity index (χ0n) is 3.97. The van der Waals surface area contributed by atoms with Gasteiger partial charge in [-0.15, -0.1) is 0 Å². The van der Waals surface area contributed by atoms with E-state index in [0.717, 1.165) is 0 Å². The number of carbonyl (C=O) groups excluding carboxylic acids is 2. The van der Waals surface area contributed by atoms with Crippen LogP contribution >= 0.6 is 13.5 Å². The molecule has 4 heteroatoms. The zero-order valence-corrected chi connectivity index (χ0v) is 4.97. The van der Waals surface area contributed by atoms with Gasteiger partial charge in [-0.3, -0.25) is 14.9 Å². The van der Waals surface area contributed by atoms with Gasteiger partial charge in [0.2, 0.25) is 0 Å². The Morgan fingerprint density at radius 2 is 1.50 bits per heavy atom. The van der Waals surface area contributed by atoms with E-state index in [1.807, 2.05) is 5.32 Å². The first-order valence-electron chi connectivity index (χ1n) is 1.82. The van der Waals surface area contributed by atoms with Gasteiger partial charge in [0, 0.05) is 12.2 Å². The summed E-state index contributed by atoms with van der Waals surface area (Å²) in [7, 11) is 0. The Kier molecular flexibility index (Phi) is 2.27. The first-order valence-corrected chi connectivity index (χ1v) is 1.82. The quantitative estimate of drug-likeness (QED) is 0.442. The van der Waals surface area contributed by atoms with Crippen LogP contribution in [0.1, 0.15) is 0 Å². The van der Waals surface area contributed by atoms with Crippen LogP contribution in [0.4, 0.5) is 0 Å². The average molecular weight is 131 g/mol. The maximum absolute atomic E-state index is 10.0. The van der Waals surface area contributed by atoms with Crippen molar-refractivity contribution in [3.63, 3.8) is 0 Å². The standard InChI is InChI=1S/C4H3NO2.H2S/c6-3-1-2-4(7)5-3;/h1-2H,(H,5,6,7);1H2. The Morgan fingerprint density at radius 3 is 1.62 bits per heavy atom. The van der Waals surface area contributed by atoms with E-state index in [1.54, 1.807) is 0 Å². The number of rotatable bonds is 0. The van der Waals surface area contributed by atoms with Crippen LogP contribution in [0.5, 0.6) is 0 Å². The molecule has 0 saturated heterocycles. The lowest BCUT2D eigenvalue weighted by atomic mass is 10.6. The molecule has 0 unspecified atom stereocenters. The number of amides is 2. The average Bonchev–Trinajstić information content (AvgIpc) is 1.87. The number of hydrogen-bond donors (Lipinski definition) is 1. The lowest BCUT2D eigenvalue weighted by Crippen LogP contribution is -2.19. The number of imide groups is 1. The molecule has 1 aliphatic rings. The van der Waals surface area contributed by atoms with Gasteiger partial charge in [-0.2, -0.15) is 13.5 Å². The van der Waals surface area contributed by atoms with E-state index < -0.39 is 0 Å². The van der Waals surface area contributed by atoms with Gasteiger partial charge in [-0.25, -0.2) is 0 Å². The lowest BCUT2D eigenvalue weighted by Gasteiger charge is -1.80. The summed E-state index contributed by atoms with van der Waals surface area (Å²) in [6.45, 7) is 0. The molecule has 0 fully saturated rings. The molecule has 1 aliphatic heterocycles. The third-order valence-electron chi connectivity index (χ3n) is 0.632. The molecule has 0 aromatic carbocycles. The lowest BCUT2D eigenvalue weighted by molar-refractivity contribution is -0.123. The Morgan fingerprint density at radius 1 is 1.12 bits per heavy atom. The van der Waals surface area contributed by atoms with Crippen molar-refractivity contribution in [1.82, 2.24) is 5.32 Å². The first kappa shape index (κ1) is 7.23. The second-order valence-electron chi connectivity index (χ2n) is 1.19. The van der Waals surface area contributed by atoms with Crippen LogP contribution in [-0.4, -0.2) is 11.8 Å². The molecule has 0 aromatic rings. The third kappa shape index (κ3) is 1.38. The van der Waals surface area contributed by atoms with E-state index in [-0.39, 0.29) is 25.3 Å². The maximum Gasteiger partial charge on any atom is 0.250 e. The molecule has 44 valence electrons. The molecule has 0 saturated carbocycles. The monoisotopic (exact) mass is 131 g/mol. The fraction of sp³-hybridized carbons (Fsp3) is 0. The summed E-state index contributed by atoms with van der Waals surface area (Å²) in [6, 6.07) is 0. The molecule has 0 atom stereocenters. The Bertz CT molecular complexity index is 136. The molecular weight excluding hydrogens is 126 g/mol. The van der Waals surface area contributed by atoms with Crippen LogP contribution in [0, 0.1) is 0 Å². The normalized spacial score (nSPS) is 15.5. The molecule has 0 aliphatic carbocycles. The summed E-state index contributed by atoms with van der Waals surface area (Å²) < 4.78 is 0. The minimum Gasteiger partial charge on any atom is -0.289 e. The van der Waals surface area contributed by atoms with Crippen molar-refractivity contribution >= 4 is 25.3 Å². The van der Waals surface area contributed by atoms with E-state index in [2.05, 4.69) is 0 Å². The van der Waals surface area contributed by atoms with Crippen LogP contribution in [0.3, 0.4) is 0 Å². The highest BCUT2D eigenvalue weighted by Crippen LogP contribution is 1.82. The number of nitrogens with one attached hydrogen (secondary N) is 1.